The lowest BCUT2D eigenvalue weighted by atomic mass is 10.1. The number of hydrogen-bond donors (Lipinski definition) is 0. The van der Waals surface area contributed by atoms with Crippen molar-refractivity contribution in [3.63, 3.8) is 0 Å². The van der Waals surface area contributed by atoms with Crippen LogP contribution in [0, 0.1) is 17.2 Å². The van der Waals surface area contributed by atoms with Gasteiger partial charge in [-0.2, -0.15) is 5.26 Å². The molecule has 1 aliphatic rings. The second-order valence-electron chi connectivity index (χ2n) is 5.82. The Kier molecular flexibility index (Phi) is 6.89. The first kappa shape index (κ1) is 17.3. The van der Waals surface area contributed by atoms with Crippen LogP contribution in [-0.2, 0) is 9.53 Å². The second-order valence-corrected chi connectivity index (χ2v) is 5.82. The van der Waals surface area contributed by atoms with E-state index in [1.54, 1.807) is 24.1 Å². The summed E-state index contributed by atoms with van der Waals surface area (Å²) in [7, 11) is 1.60. The molecule has 0 atom stereocenters. The molecule has 0 aromatic heterocycles. The molecule has 1 aromatic carbocycles. The average Bonchev–Trinajstić information content (AvgIpc) is 3.09. The lowest BCUT2D eigenvalue weighted by Crippen LogP contribution is -2.35. The molecule has 0 heterocycles. The first-order valence-electron chi connectivity index (χ1n) is 8.13. The number of rotatable bonds is 8. The zero-order valence-corrected chi connectivity index (χ0v) is 13.7. The summed E-state index contributed by atoms with van der Waals surface area (Å²) in [6.07, 6.45) is 5.22. The third-order valence-corrected chi connectivity index (χ3v) is 4.19. The third kappa shape index (κ3) is 5.26. The number of methoxy groups -OCH3 is 1. The molecule has 1 aromatic rings. The summed E-state index contributed by atoms with van der Waals surface area (Å²) in [4.78, 5) is 14.0. The number of hydrogen-bond acceptors (Lipinski definition) is 4. The van der Waals surface area contributed by atoms with Crippen molar-refractivity contribution in [1.82, 2.24) is 0 Å². The van der Waals surface area contributed by atoms with Crippen molar-refractivity contribution in [3.8, 4) is 11.8 Å². The van der Waals surface area contributed by atoms with E-state index in [0.717, 1.165) is 11.4 Å². The average molecular weight is 316 g/mol. The Labute approximate surface area is 137 Å². The number of ether oxygens (including phenoxy) is 2. The molecule has 0 unspecified atom stereocenters. The van der Waals surface area contributed by atoms with Crippen LogP contribution in [0.1, 0.15) is 32.1 Å². The fraction of sp³-hybridized carbons (Fsp3) is 0.556. The quantitative estimate of drug-likeness (QED) is 0.739. The highest BCUT2D eigenvalue weighted by Crippen LogP contribution is 2.25. The van der Waals surface area contributed by atoms with E-state index in [2.05, 4.69) is 6.07 Å². The Morgan fingerprint density at radius 1 is 1.30 bits per heavy atom. The van der Waals surface area contributed by atoms with Crippen LogP contribution in [0.4, 0.5) is 5.69 Å². The van der Waals surface area contributed by atoms with Crippen LogP contribution < -0.4 is 9.64 Å². The summed E-state index contributed by atoms with van der Waals surface area (Å²) in [5.74, 6) is 1.22. The summed E-state index contributed by atoms with van der Waals surface area (Å²) in [5, 5.41) is 8.81. The SMILES string of the molecule is COc1ccc(N(CCC#N)C(=O)COCC2CCCC2)cc1. The van der Waals surface area contributed by atoms with Crippen molar-refractivity contribution < 1.29 is 14.3 Å². The van der Waals surface area contributed by atoms with Gasteiger partial charge in [-0.05, 0) is 43.0 Å². The Morgan fingerprint density at radius 3 is 2.61 bits per heavy atom. The summed E-state index contributed by atoms with van der Waals surface area (Å²) < 4.78 is 10.7. The Hall–Kier alpha value is -2.06. The molecule has 0 N–H and O–H groups in total. The lowest BCUT2D eigenvalue weighted by molar-refractivity contribution is -0.123. The molecule has 5 nitrogen and oxygen atoms in total. The number of nitrogens with zero attached hydrogens (tertiary/aromatic N) is 2. The van der Waals surface area contributed by atoms with Gasteiger partial charge in [0.1, 0.15) is 12.4 Å². The summed E-state index contributed by atoms with van der Waals surface area (Å²) in [6, 6.07) is 9.35. The van der Waals surface area contributed by atoms with Crippen LogP contribution in [0.25, 0.3) is 0 Å². The lowest BCUT2D eigenvalue weighted by Gasteiger charge is -2.22. The molecule has 0 saturated heterocycles. The van der Waals surface area contributed by atoms with Gasteiger partial charge in [-0.25, -0.2) is 0 Å². The minimum atomic E-state index is -0.108. The highest BCUT2D eigenvalue weighted by atomic mass is 16.5. The smallest absolute Gasteiger partial charge is 0.253 e. The molecular weight excluding hydrogens is 292 g/mol. The molecule has 1 fully saturated rings. The molecule has 2 rings (SSSR count). The van der Waals surface area contributed by atoms with Crippen LogP contribution >= 0.6 is 0 Å². The minimum Gasteiger partial charge on any atom is -0.497 e. The van der Waals surface area contributed by atoms with Crippen LogP contribution in [0.3, 0.4) is 0 Å². The predicted molar refractivity (Wildman–Crippen MR) is 88.4 cm³/mol. The van der Waals surface area contributed by atoms with E-state index in [0.29, 0.717) is 25.5 Å². The highest BCUT2D eigenvalue weighted by Gasteiger charge is 2.18. The predicted octanol–water partition coefficient (Wildman–Crippen LogP) is 3.15. The van der Waals surface area contributed by atoms with E-state index in [1.807, 2.05) is 12.1 Å². The van der Waals surface area contributed by atoms with Gasteiger partial charge in [0.2, 0.25) is 0 Å². The molecule has 5 heteroatoms. The second kappa shape index (κ2) is 9.16. The van der Waals surface area contributed by atoms with Crippen LogP contribution in [0.2, 0.25) is 0 Å². The minimum absolute atomic E-state index is 0.0635. The van der Waals surface area contributed by atoms with Gasteiger partial charge in [-0.15, -0.1) is 0 Å². The van der Waals surface area contributed by atoms with E-state index in [4.69, 9.17) is 14.7 Å². The van der Waals surface area contributed by atoms with Gasteiger partial charge in [0.05, 0.1) is 26.2 Å². The van der Waals surface area contributed by atoms with Gasteiger partial charge >= 0.3 is 0 Å². The van der Waals surface area contributed by atoms with Crippen molar-refractivity contribution in [3.05, 3.63) is 24.3 Å². The molecule has 1 saturated carbocycles. The van der Waals surface area contributed by atoms with Crippen molar-refractivity contribution >= 4 is 11.6 Å². The molecule has 0 radical (unpaired) electrons. The fourth-order valence-electron chi connectivity index (χ4n) is 2.89. The standard InChI is InChI=1S/C18H24N2O3/c1-22-17-9-7-16(8-10-17)20(12-4-11-19)18(21)14-23-13-15-5-2-3-6-15/h7-10,15H,2-6,12-14H2,1H3. The Balaban J connectivity index is 1.92. The van der Waals surface area contributed by atoms with Crippen LogP contribution in [-0.4, -0.2) is 32.8 Å². The van der Waals surface area contributed by atoms with E-state index in [9.17, 15) is 4.79 Å². The van der Waals surface area contributed by atoms with Crippen molar-refractivity contribution in [1.29, 1.82) is 5.26 Å². The van der Waals surface area contributed by atoms with Gasteiger partial charge in [-0.3, -0.25) is 4.79 Å². The number of amides is 1. The molecule has 0 aliphatic heterocycles. The van der Waals surface area contributed by atoms with E-state index in [-0.39, 0.29) is 12.5 Å². The van der Waals surface area contributed by atoms with Gasteiger partial charge in [0.15, 0.2) is 0 Å². The normalized spacial score (nSPS) is 14.4. The molecule has 1 amide bonds. The largest absolute Gasteiger partial charge is 0.497 e. The molecule has 23 heavy (non-hydrogen) atoms. The third-order valence-electron chi connectivity index (χ3n) is 4.19. The summed E-state index contributed by atoms with van der Waals surface area (Å²) >= 11 is 0. The number of benzene rings is 1. The van der Waals surface area contributed by atoms with E-state index < -0.39 is 0 Å². The molecular formula is C18H24N2O3. The number of carbonyl (C=O) groups is 1. The van der Waals surface area contributed by atoms with E-state index in [1.165, 1.54) is 25.7 Å². The first-order valence-corrected chi connectivity index (χ1v) is 8.13. The fourth-order valence-corrected chi connectivity index (χ4v) is 2.89. The zero-order valence-electron chi connectivity index (χ0n) is 13.7. The van der Waals surface area contributed by atoms with Crippen LogP contribution in [0.15, 0.2) is 24.3 Å². The van der Waals surface area contributed by atoms with Crippen molar-refractivity contribution in [2.75, 3.05) is 31.8 Å². The van der Waals surface area contributed by atoms with Gasteiger partial charge in [-0.1, -0.05) is 12.8 Å². The number of anilines is 1. The van der Waals surface area contributed by atoms with Crippen LogP contribution in [0.5, 0.6) is 5.75 Å². The molecule has 1 aliphatic carbocycles. The number of carbonyl (C=O) groups excluding carboxylic acids is 1. The Morgan fingerprint density at radius 2 is 2.00 bits per heavy atom. The maximum absolute atomic E-state index is 12.4. The topological polar surface area (TPSA) is 62.6 Å². The van der Waals surface area contributed by atoms with Gasteiger partial charge in [0.25, 0.3) is 5.91 Å². The molecule has 0 spiro atoms. The number of nitriles is 1. The van der Waals surface area contributed by atoms with Gasteiger partial charge in [0, 0.05) is 12.2 Å². The van der Waals surface area contributed by atoms with Crippen molar-refractivity contribution in [2.24, 2.45) is 5.92 Å². The van der Waals surface area contributed by atoms with Gasteiger partial charge < -0.3 is 14.4 Å². The Bertz CT molecular complexity index is 530. The van der Waals surface area contributed by atoms with E-state index >= 15 is 0 Å². The summed E-state index contributed by atoms with van der Waals surface area (Å²) in [5.41, 5.74) is 0.760. The first-order chi connectivity index (χ1) is 11.2. The monoisotopic (exact) mass is 316 g/mol. The van der Waals surface area contributed by atoms with Crippen molar-refractivity contribution in [2.45, 2.75) is 32.1 Å². The zero-order chi connectivity index (χ0) is 16.5. The molecule has 0 bridgehead atoms. The highest BCUT2D eigenvalue weighted by molar-refractivity contribution is 5.94. The summed E-state index contributed by atoms with van der Waals surface area (Å²) in [6.45, 7) is 1.09. The molecule has 124 valence electrons. The maximum Gasteiger partial charge on any atom is 0.253 e. The maximum atomic E-state index is 12.4.